The Morgan fingerprint density at radius 2 is 1.88 bits per heavy atom. The van der Waals surface area contributed by atoms with Crippen LogP contribution >= 0.6 is 0 Å². The Morgan fingerprint density at radius 3 is 2.44 bits per heavy atom. The van der Waals surface area contributed by atoms with Gasteiger partial charge in [0.05, 0.1) is 12.0 Å². The minimum Gasteiger partial charge on any atom is -0.313 e. The van der Waals surface area contributed by atoms with Gasteiger partial charge in [-0.15, -0.1) is 0 Å². The molecule has 1 aromatic heterocycles. The van der Waals surface area contributed by atoms with E-state index in [9.17, 15) is 4.79 Å². The molecule has 0 fully saturated rings. The first-order chi connectivity index (χ1) is 7.66. The fraction of sp³-hybridized carbons (Fsp3) is 0.231. The van der Waals surface area contributed by atoms with Crippen molar-refractivity contribution in [3.8, 4) is 11.3 Å². The van der Waals surface area contributed by atoms with Crippen molar-refractivity contribution in [2.24, 2.45) is 0 Å². The SMILES string of the molecule is CC(C)c1ccc(-c2cc(=O)[nH]cn2)cc1. The van der Waals surface area contributed by atoms with Gasteiger partial charge in [0, 0.05) is 11.6 Å². The molecule has 0 aliphatic carbocycles. The lowest BCUT2D eigenvalue weighted by Crippen LogP contribution is -2.04. The molecule has 0 unspecified atom stereocenters. The van der Waals surface area contributed by atoms with Crippen LogP contribution in [-0.4, -0.2) is 9.97 Å². The van der Waals surface area contributed by atoms with Gasteiger partial charge in [0.15, 0.2) is 0 Å². The molecule has 0 spiro atoms. The first-order valence-electron chi connectivity index (χ1n) is 5.32. The molecule has 0 saturated carbocycles. The fourth-order valence-corrected chi connectivity index (χ4v) is 1.57. The van der Waals surface area contributed by atoms with E-state index in [0.29, 0.717) is 11.6 Å². The number of nitrogens with one attached hydrogen (secondary N) is 1. The number of rotatable bonds is 2. The van der Waals surface area contributed by atoms with Gasteiger partial charge < -0.3 is 4.98 Å². The fourth-order valence-electron chi connectivity index (χ4n) is 1.57. The van der Waals surface area contributed by atoms with E-state index in [1.54, 1.807) is 0 Å². The highest BCUT2D eigenvalue weighted by molar-refractivity contribution is 5.58. The lowest BCUT2D eigenvalue weighted by atomic mass is 10.0. The van der Waals surface area contributed by atoms with Crippen LogP contribution in [-0.2, 0) is 0 Å². The smallest absolute Gasteiger partial charge is 0.251 e. The summed E-state index contributed by atoms with van der Waals surface area (Å²) in [4.78, 5) is 17.8. The lowest BCUT2D eigenvalue weighted by Gasteiger charge is -2.06. The number of aromatic amines is 1. The third kappa shape index (κ3) is 2.19. The molecule has 82 valence electrons. The Bertz CT molecular complexity index is 526. The Kier molecular flexibility index (Phi) is 2.86. The molecule has 3 heteroatoms. The summed E-state index contributed by atoms with van der Waals surface area (Å²) in [6.07, 6.45) is 1.42. The average molecular weight is 214 g/mol. The molecule has 1 N–H and O–H groups in total. The van der Waals surface area contributed by atoms with Crippen molar-refractivity contribution in [1.29, 1.82) is 0 Å². The van der Waals surface area contributed by atoms with Gasteiger partial charge in [-0.2, -0.15) is 0 Å². The van der Waals surface area contributed by atoms with Crippen LogP contribution in [0.1, 0.15) is 25.3 Å². The normalized spacial score (nSPS) is 10.7. The molecule has 0 amide bonds. The van der Waals surface area contributed by atoms with Gasteiger partial charge in [-0.1, -0.05) is 38.1 Å². The molecule has 0 aliphatic heterocycles. The van der Waals surface area contributed by atoms with Gasteiger partial charge in [-0.3, -0.25) is 4.79 Å². The molecule has 0 aliphatic rings. The molecule has 1 aromatic carbocycles. The van der Waals surface area contributed by atoms with E-state index < -0.39 is 0 Å². The number of aromatic nitrogens is 2. The third-order valence-electron chi connectivity index (χ3n) is 2.55. The second kappa shape index (κ2) is 4.31. The zero-order valence-electron chi connectivity index (χ0n) is 9.40. The van der Waals surface area contributed by atoms with Crippen LogP contribution in [0.3, 0.4) is 0 Å². The zero-order valence-corrected chi connectivity index (χ0v) is 9.40. The van der Waals surface area contributed by atoms with Crippen LogP contribution < -0.4 is 5.56 Å². The van der Waals surface area contributed by atoms with Gasteiger partial charge >= 0.3 is 0 Å². The first kappa shape index (κ1) is 10.6. The molecule has 0 saturated heterocycles. The molecular weight excluding hydrogens is 200 g/mol. The Hall–Kier alpha value is -1.90. The molecule has 1 heterocycles. The van der Waals surface area contributed by atoms with E-state index >= 15 is 0 Å². The summed E-state index contributed by atoms with van der Waals surface area (Å²) in [6.45, 7) is 4.31. The highest BCUT2D eigenvalue weighted by Crippen LogP contribution is 2.19. The highest BCUT2D eigenvalue weighted by Gasteiger charge is 2.02. The summed E-state index contributed by atoms with van der Waals surface area (Å²) in [6, 6.07) is 9.64. The first-order valence-corrected chi connectivity index (χ1v) is 5.32. The number of nitrogens with zero attached hydrogens (tertiary/aromatic N) is 1. The van der Waals surface area contributed by atoms with Crippen LogP contribution in [0, 0.1) is 0 Å². The number of hydrogen-bond acceptors (Lipinski definition) is 2. The summed E-state index contributed by atoms with van der Waals surface area (Å²) in [7, 11) is 0. The van der Waals surface area contributed by atoms with Crippen molar-refractivity contribution in [3.63, 3.8) is 0 Å². The quantitative estimate of drug-likeness (QED) is 0.835. The predicted octanol–water partition coefficient (Wildman–Crippen LogP) is 2.56. The van der Waals surface area contributed by atoms with Crippen LogP contribution in [0.2, 0.25) is 0 Å². The topological polar surface area (TPSA) is 45.8 Å². The van der Waals surface area contributed by atoms with E-state index in [2.05, 4.69) is 35.9 Å². The Morgan fingerprint density at radius 1 is 1.19 bits per heavy atom. The Labute approximate surface area is 94.2 Å². The molecule has 0 atom stereocenters. The van der Waals surface area contributed by atoms with E-state index in [1.807, 2.05) is 12.1 Å². The van der Waals surface area contributed by atoms with Crippen molar-refractivity contribution < 1.29 is 0 Å². The summed E-state index contributed by atoms with van der Waals surface area (Å²) in [5.74, 6) is 0.515. The molecule has 2 rings (SSSR count). The van der Waals surface area contributed by atoms with Gasteiger partial charge in [-0.05, 0) is 11.5 Å². The van der Waals surface area contributed by atoms with Crippen molar-refractivity contribution >= 4 is 0 Å². The number of H-pyrrole nitrogens is 1. The highest BCUT2D eigenvalue weighted by atomic mass is 16.1. The molecular formula is C13H14N2O. The summed E-state index contributed by atoms with van der Waals surface area (Å²) in [5.41, 5.74) is 2.83. The molecule has 0 radical (unpaired) electrons. The van der Waals surface area contributed by atoms with Crippen molar-refractivity contribution in [1.82, 2.24) is 9.97 Å². The van der Waals surface area contributed by atoms with Crippen LogP contribution in [0.4, 0.5) is 0 Å². The second-order valence-corrected chi connectivity index (χ2v) is 4.07. The molecule has 16 heavy (non-hydrogen) atoms. The third-order valence-corrected chi connectivity index (χ3v) is 2.55. The maximum absolute atomic E-state index is 11.1. The van der Waals surface area contributed by atoms with Crippen molar-refractivity contribution in [2.45, 2.75) is 19.8 Å². The van der Waals surface area contributed by atoms with E-state index in [-0.39, 0.29) is 5.56 Å². The molecule has 2 aromatic rings. The maximum atomic E-state index is 11.1. The van der Waals surface area contributed by atoms with Crippen LogP contribution in [0.25, 0.3) is 11.3 Å². The summed E-state index contributed by atoms with van der Waals surface area (Å²) >= 11 is 0. The van der Waals surface area contributed by atoms with Crippen molar-refractivity contribution in [2.75, 3.05) is 0 Å². The minimum atomic E-state index is -0.127. The molecule has 3 nitrogen and oxygen atoms in total. The predicted molar refractivity (Wildman–Crippen MR) is 64.4 cm³/mol. The minimum absolute atomic E-state index is 0.127. The number of benzene rings is 1. The van der Waals surface area contributed by atoms with Gasteiger partial charge in [0.25, 0.3) is 5.56 Å². The summed E-state index contributed by atoms with van der Waals surface area (Å²) < 4.78 is 0. The van der Waals surface area contributed by atoms with Gasteiger partial charge in [-0.25, -0.2) is 4.98 Å². The molecule has 0 bridgehead atoms. The van der Waals surface area contributed by atoms with Gasteiger partial charge in [0.1, 0.15) is 0 Å². The van der Waals surface area contributed by atoms with Crippen molar-refractivity contribution in [3.05, 3.63) is 52.6 Å². The van der Waals surface area contributed by atoms with E-state index in [4.69, 9.17) is 0 Å². The van der Waals surface area contributed by atoms with Crippen LogP contribution in [0.5, 0.6) is 0 Å². The average Bonchev–Trinajstić information content (AvgIpc) is 2.29. The number of hydrogen-bond donors (Lipinski definition) is 1. The monoisotopic (exact) mass is 214 g/mol. The second-order valence-electron chi connectivity index (χ2n) is 4.07. The largest absolute Gasteiger partial charge is 0.313 e. The lowest BCUT2D eigenvalue weighted by molar-refractivity contribution is 0.867. The van der Waals surface area contributed by atoms with E-state index in [0.717, 1.165) is 5.56 Å². The standard InChI is InChI=1S/C13H14N2O/c1-9(2)10-3-5-11(6-4-10)12-7-13(16)15-8-14-12/h3-9H,1-2H3,(H,14,15,16). The van der Waals surface area contributed by atoms with Crippen LogP contribution in [0.15, 0.2) is 41.5 Å². The maximum Gasteiger partial charge on any atom is 0.251 e. The van der Waals surface area contributed by atoms with Gasteiger partial charge in [0.2, 0.25) is 0 Å². The Balaban J connectivity index is 2.38. The zero-order chi connectivity index (χ0) is 11.5. The summed E-state index contributed by atoms with van der Waals surface area (Å²) in [5, 5.41) is 0. The van der Waals surface area contributed by atoms with E-state index in [1.165, 1.54) is 18.0 Å².